The summed E-state index contributed by atoms with van der Waals surface area (Å²) in [7, 11) is 1.64. The fourth-order valence-electron chi connectivity index (χ4n) is 1.88. The summed E-state index contributed by atoms with van der Waals surface area (Å²) in [6, 6.07) is 0. The molecule has 64 valence electrons. The van der Waals surface area contributed by atoms with Crippen molar-refractivity contribution in [1.29, 1.82) is 0 Å². The van der Waals surface area contributed by atoms with E-state index in [-0.39, 0.29) is 11.4 Å². The lowest BCUT2D eigenvalue weighted by Gasteiger charge is -2.25. The summed E-state index contributed by atoms with van der Waals surface area (Å²) in [4.78, 5) is 15.5. The first-order chi connectivity index (χ1) is 5.11. The molecule has 2 bridgehead atoms. The number of nitrogens with zero attached hydrogens (tertiary/aromatic N) is 1. The molecule has 0 unspecified atom stereocenters. The molecule has 2 rings (SSSR count). The predicted octanol–water partition coefficient (Wildman–Crippen LogP) is 1.04. The van der Waals surface area contributed by atoms with Gasteiger partial charge in [0.05, 0.1) is 7.11 Å². The Balaban J connectivity index is 2.29. The lowest BCUT2D eigenvalue weighted by molar-refractivity contribution is -0.366. The molecule has 0 radical (unpaired) electrons. The van der Waals surface area contributed by atoms with E-state index in [9.17, 15) is 0 Å². The van der Waals surface area contributed by atoms with Crippen molar-refractivity contribution >= 4 is 0 Å². The maximum absolute atomic E-state index is 5.19. The lowest BCUT2D eigenvalue weighted by atomic mass is 10.1. The molecule has 0 aromatic carbocycles. The average Bonchev–Trinajstić information content (AvgIpc) is 2.35. The third-order valence-electron chi connectivity index (χ3n) is 2.50. The number of rotatable bonds is 1. The standard InChI is InChI=1S/C7H13NO3/c1-6-4-5-7(2,11-10-6)8(6)9-3/h4-5H2,1-3H3/t6-,7+. The molecule has 0 amide bonds. The van der Waals surface area contributed by atoms with Crippen LogP contribution in [0.5, 0.6) is 0 Å². The highest BCUT2D eigenvalue weighted by Gasteiger charge is 2.61. The minimum absolute atomic E-state index is 0.372. The van der Waals surface area contributed by atoms with E-state index in [1.165, 1.54) is 0 Å². The summed E-state index contributed by atoms with van der Waals surface area (Å²) in [6.45, 7) is 3.93. The topological polar surface area (TPSA) is 30.9 Å². The van der Waals surface area contributed by atoms with Gasteiger partial charge in [-0.15, -0.1) is 5.06 Å². The van der Waals surface area contributed by atoms with E-state index in [2.05, 4.69) is 0 Å². The summed E-state index contributed by atoms with van der Waals surface area (Å²) in [6.07, 6.45) is 1.91. The zero-order chi connectivity index (χ0) is 8.11. The van der Waals surface area contributed by atoms with Gasteiger partial charge in [-0.05, 0) is 26.7 Å². The molecule has 11 heavy (non-hydrogen) atoms. The van der Waals surface area contributed by atoms with Crippen molar-refractivity contribution in [3.63, 3.8) is 0 Å². The molecule has 0 aromatic rings. The Labute approximate surface area is 65.9 Å². The van der Waals surface area contributed by atoms with Crippen molar-refractivity contribution < 1.29 is 14.6 Å². The first kappa shape index (κ1) is 7.49. The predicted molar refractivity (Wildman–Crippen MR) is 37.1 cm³/mol. The first-order valence-corrected chi connectivity index (χ1v) is 3.82. The molecular weight excluding hydrogens is 146 g/mol. The van der Waals surface area contributed by atoms with Crippen LogP contribution in [-0.2, 0) is 14.6 Å². The van der Waals surface area contributed by atoms with E-state index in [0.717, 1.165) is 12.8 Å². The summed E-state index contributed by atoms with van der Waals surface area (Å²) in [5.41, 5.74) is -0.743. The second-order valence-corrected chi connectivity index (χ2v) is 3.49. The molecule has 0 aliphatic carbocycles. The van der Waals surface area contributed by atoms with E-state index < -0.39 is 0 Å². The molecule has 2 aliphatic rings. The van der Waals surface area contributed by atoms with Gasteiger partial charge >= 0.3 is 0 Å². The van der Waals surface area contributed by atoms with Crippen molar-refractivity contribution in [2.75, 3.05) is 7.11 Å². The van der Waals surface area contributed by atoms with Crippen LogP contribution < -0.4 is 0 Å². The summed E-state index contributed by atoms with van der Waals surface area (Å²) in [5, 5.41) is 1.78. The monoisotopic (exact) mass is 159 g/mol. The molecule has 0 saturated carbocycles. The molecule has 4 heteroatoms. The second-order valence-electron chi connectivity index (χ2n) is 3.49. The van der Waals surface area contributed by atoms with Crippen LogP contribution in [0.3, 0.4) is 0 Å². The Bertz CT molecular complexity index is 157. The fraction of sp³-hybridized carbons (Fsp3) is 1.00. The van der Waals surface area contributed by atoms with Gasteiger partial charge in [0.15, 0.2) is 11.4 Å². The van der Waals surface area contributed by atoms with Gasteiger partial charge in [-0.1, -0.05) is 0 Å². The van der Waals surface area contributed by atoms with Crippen molar-refractivity contribution in [3.8, 4) is 0 Å². The van der Waals surface area contributed by atoms with Gasteiger partial charge in [0.2, 0.25) is 0 Å². The highest BCUT2D eigenvalue weighted by molar-refractivity contribution is 4.93. The van der Waals surface area contributed by atoms with Gasteiger partial charge in [0.1, 0.15) is 0 Å². The van der Waals surface area contributed by atoms with Crippen LogP contribution in [0.4, 0.5) is 0 Å². The Hall–Kier alpha value is -0.160. The fourth-order valence-corrected chi connectivity index (χ4v) is 1.88. The molecule has 4 nitrogen and oxygen atoms in total. The van der Waals surface area contributed by atoms with E-state index >= 15 is 0 Å². The van der Waals surface area contributed by atoms with E-state index in [0.29, 0.717) is 0 Å². The number of hydrogen-bond acceptors (Lipinski definition) is 4. The van der Waals surface area contributed by atoms with Gasteiger partial charge in [0.25, 0.3) is 0 Å². The summed E-state index contributed by atoms with van der Waals surface area (Å²) in [5.74, 6) is 0. The highest BCUT2D eigenvalue weighted by Crippen LogP contribution is 2.48. The Kier molecular flexibility index (Phi) is 1.33. The number of fused-ring (bicyclic) bond motifs is 2. The molecule has 2 atom stereocenters. The van der Waals surface area contributed by atoms with Crippen LogP contribution in [0, 0.1) is 0 Å². The molecule has 2 heterocycles. The average molecular weight is 159 g/mol. The molecule has 0 spiro atoms. The van der Waals surface area contributed by atoms with Gasteiger partial charge in [0, 0.05) is 0 Å². The van der Waals surface area contributed by atoms with Crippen LogP contribution >= 0.6 is 0 Å². The zero-order valence-electron chi connectivity index (χ0n) is 7.09. The minimum atomic E-state index is -0.372. The molecular formula is C7H13NO3. The molecule has 2 fully saturated rings. The van der Waals surface area contributed by atoms with Crippen molar-refractivity contribution in [2.24, 2.45) is 0 Å². The van der Waals surface area contributed by atoms with Gasteiger partial charge in [-0.2, -0.15) is 0 Å². The Morgan fingerprint density at radius 3 is 1.82 bits per heavy atom. The van der Waals surface area contributed by atoms with Crippen molar-refractivity contribution in [1.82, 2.24) is 5.06 Å². The Morgan fingerprint density at radius 2 is 1.64 bits per heavy atom. The molecule has 0 aromatic heterocycles. The molecule has 2 aliphatic heterocycles. The molecule has 2 saturated heterocycles. The largest absolute Gasteiger partial charge is 0.297 e. The van der Waals surface area contributed by atoms with Crippen molar-refractivity contribution in [3.05, 3.63) is 0 Å². The second kappa shape index (κ2) is 1.95. The number of hydroxylamine groups is 2. The first-order valence-electron chi connectivity index (χ1n) is 3.82. The van der Waals surface area contributed by atoms with Gasteiger partial charge in [-0.25, -0.2) is 9.78 Å². The summed E-state index contributed by atoms with van der Waals surface area (Å²) < 4.78 is 0. The normalized spacial score (nSPS) is 50.5. The maximum atomic E-state index is 5.19. The van der Waals surface area contributed by atoms with Crippen molar-refractivity contribution in [2.45, 2.75) is 38.1 Å². The van der Waals surface area contributed by atoms with Crippen LogP contribution in [0.2, 0.25) is 0 Å². The summed E-state index contributed by atoms with van der Waals surface area (Å²) >= 11 is 0. The SMILES string of the molecule is CON1[C@@]2(C)CC[C@]1(C)OO2. The van der Waals surface area contributed by atoms with E-state index in [1.54, 1.807) is 12.2 Å². The van der Waals surface area contributed by atoms with E-state index in [4.69, 9.17) is 14.6 Å². The quantitative estimate of drug-likeness (QED) is 0.535. The van der Waals surface area contributed by atoms with Crippen LogP contribution in [0.15, 0.2) is 0 Å². The smallest absolute Gasteiger partial charge is 0.179 e. The van der Waals surface area contributed by atoms with Crippen LogP contribution in [0.25, 0.3) is 0 Å². The Morgan fingerprint density at radius 1 is 1.18 bits per heavy atom. The maximum Gasteiger partial charge on any atom is 0.179 e. The van der Waals surface area contributed by atoms with E-state index in [1.807, 2.05) is 13.8 Å². The lowest BCUT2D eigenvalue weighted by Crippen LogP contribution is -2.43. The van der Waals surface area contributed by atoms with Crippen LogP contribution in [0.1, 0.15) is 26.7 Å². The zero-order valence-corrected chi connectivity index (χ0v) is 7.09. The van der Waals surface area contributed by atoms with Crippen LogP contribution in [-0.4, -0.2) is 23.6 Å². The number of hydrogen-bond donors (Lipinski definition) is 0. The van der Waals surface area contributed by atoms with Gasteiger partial charge < -0.3 is 0 Å². The molecule has 0 N–H and O–H groups in total. The highest BCUT2D eigenvalue weighted by atomic mass is 17.3. The third kappa shape index (κ3) is 0.780. The van der Waals surface area contributed by atoms with Gasteiger partial charge in [-0.3, -0.25) is 4.84 Å². The minimum Gasteiger partial charge on any atom is -0.297 e. The third-order valence-corrected chi connectivity index (χ3v) is 2.50.